The fraction of sp³-hybridized carbons (Fsp3) is 0.800. The molecule has 1 aromatic heterocycles. The number of likely N-dealkylation sites (tertiary alicyclic amines) is 1. The van der Waals surface area contributed by atoms with Gasteiger partial charge in [-0.2, -0.15) is 0 Å². The van der Waals surface area contributed by atoms with E-state index in [1.807, 2.05) is 0 Å². The van der Waals surface area contributed by atoms with Crippen LogP contribution in [0.2, 0.25) is 0 Å². The minimum atomic E-state index is 0.641. The van der Waals surface area contributed by atoms with Crippen molar-refractivity contribution in [2.24, 2.45) is 0 Å². The normalized spacial score (nSPS) is 23.2. The van der Waals surface area contributed by atoms with E-state index < -0.39 is 0 Å². The predicted molar refractivity (Wildman–Crippen MR) is 78.6 cm³/mol. The second kappa shape index (κ2) is 6.70. The largest absolute Gasteiger partial charge is 0.381 e. The van der Waals surface area contributed by atoms with Crippen molar-refractivity contribution in [2.75, 3.05) is 26.3 Å². The van der Waals surface area contributed by atoms with Gasteiger partial charge >= 0.3 is 0 Å². The van der Waals surface area contributed by atoms with E-state index in [2.05, 4.69) is 27.1 Å². The maximum atomic E-state index is 5.45. The Hall–Kier alpha value is -0.910. The summed E-state index contributed by atoms with van der Waals surface area (Å²) in [6.07, 6.45) is 6.71. The van der Waals surface area contributed by atoms with Crippen molar-refractivity contribution in [3.8, 4) is 0 Å². The summed E-state index contributed by atoms with van der Waals surface area (Å²) >= 11 is 0. The van der Waals surface area contributed by atoms with Gasteiger partial charge in [0, 0.05) is 37.5 Å². The number of rotatable bonds is 4. The molecular formula is C15H26N4O. The van der Waals surface area contributed by atoms with Crippen LogP contribution in [-0.4, -0.2) is 53.3 Å². The molecule has 3 rings (SSSR count). The number of aromatic amines is 1. The van der Waals surface area contributed by atoms with Crippen LogP contribution in [0.3, 0.4) is 0 Å². The highest BCUT2D eigenvalue weighted by Crippen LogP contribution is 2.20. The van der Waals surface area contributed by atoms with Gasteiger partial charge in [-0.25, -0.2) is 4.98 Å². The summed E-state index contributed by atoms with van der Waals surface area (Å²) in [4.78, 5) is 10.1. The van der Waals surface area contributed by atoms with Gasteiger partial charge in [0.2, 0.25) is 0 Å². The first kappa shape index (κ1) is 14.0. The minimum absolute atomic E-state index is 0.641. The quantitative estimate of drug-likeness (QED) is 0.875. The summed E-state index contributed by atoms with van der Waals surface area (Å²) in [5, 5.41) is 3.65. The van der Waals surface area contributed by atoms with Gasteiger partial charge in [-0.3, -0.25) is 0 Å². The van der Waals surface area contributed by atoms with Crippen molar-refractivity contribution in [1.82, 2.24) is 20.2 Å². The Kier molecular flexibility index (Phi) is 4.70. The molecule has 5 heteroatoms. The molecule has 2 N–H and O–H groups in total. The van der Waals surface area contributed by atoms with Gasteiger partial charge in [-0.05, 0) is 45.7 Å². The van der Waals surface area contributed by atoms with Crippen LogP contribution in [0.5, 0.6) is 0 Å². The summed E-state index contributed by atoms with van der Waals surface area (Å²) in [5.74, 6) is 0. The number of imidazole rings is 1. The highest BCUT2D eigenvalue weighted by molar-refractivity contribution is 5.08. The van der Waals surface area contributed by atoms with Gasteiger partial charge in [0.05, 0.1) is 12.0 Å². The van der Waals surface area contributed by atoms with E-state index in [4.69, 9.17) is 4.74 Å². The van der Waals surface area contributed by atoms with Crippen LogP contribution in [0.15, 0.2) is 6.33 Å². The smallest absolute Gasteiger partial charge is 0.0925 e. The highest BCUT2D eigenvalue weighted by Gasteiger charge is 2.26. The second-order valence-corrected chi connectivity index (χ2v) is 6.01. The van der Waals surface area contributed by atoms with Crippen LogP contribution in [-0.2, 0) is 11.3 Å². The van der Waals surface area contributed by atoms with Crippen molar-refractivity contribution >= 4 is 0 Å². The molecule has 0 bridgehead atoms. The number of aryl methyl sites for hydroxylation is 1. The van der Waals surface area contributed by atoms with E-state index in [0.29, 0.717) is 6.04 Å². The molecule has 0 unspecified atom stereocenters. The third-order valence-electron chi connectivity index (χ3n) is 4.73. The molecule has 0 saturated carbocycles. The summed E-state index contributed by atoms with van der Waals surface area (Å²) in [7, 11) is 0. The molecule has 0 aliphatic carbocycles. The van der Waals surface area contributed by atoms with Gasteiger partial charge in [0.15, 0.2) is 0 Å². The summed E-state index contributed by atoms with van der Waals surface area (Å²) < 4.78 is 5.45. The number of nitrogens with one attached hydrogen (secondary N) is 2. The molecule has 0 spiro atoms. The van der Waals surface area contributed by atoms with Gasteiger partial charge < -0.3 is 19.9 Å². The van der Waals surface area contributed by atoms with E-state index in [-0.39, 0.29) is 0 Å². The van der Waals surface area contributed by atoms with E-state index in [1.165, 1.54) is 44.5 Å². The van der Waals surface area contributed by atoms with Crippen LogP contribution in [0.1, 0.15) is 37.1 Å². The monoisotopic (exact) mass is 278 g/mol. The average Bonchev–Trinajstić information content (AvgIpc) is 2.92. The van der Waals surface area contributed by atoms with Crippen molar-refractivity contribution in [2.45, 2.75) is 51.2 Å². The Morgan fingerprint density at radius 2 is 2.05 bits per heavy atom. The van der Waals surface area contributed by atoms with E-state index in [9.17, 15) is 0 Å². The summed E-state index contributed by atoms with van der Waals surface area (Å²) in [5.41, 5.74) is 2.33. The second-order valence-electron chi connectivity index (χ2n) is 6.01. The molecule has 20 heavy (non-hydrogen) atoms. The molecule has 2 fully saturated rings. The SMILES string of the molecule is Cc1[nH]cnc1CNC1CCN(C2CCOCC2)CC1. The molecule has 2 saturated heterocycles. The molecule has 3 heterocycles. The first-order valence-electron chi connectivity index (χ1n) is 7.87. The van der Waals surface area contributed by atoms with Crippen LogP contribution in [0.4, 0.5) is 0 Å². The number of hydrogen-bond acceptors (Lipinski definition) is 4. The molecule has 1 aromatic rings. The van der Waals surface area contributed by atoms with Gasteiger partial charge in [-0.15, -0.1) is 0 Å². The van der Waals surface area contributed by atoms with Crippen molar-refractivity contribution in [3.63, 3.8) is 0 Å². The third kappa shape index (κ3) is 3.40. The van der Waals surface area contributed by atoms with E-state index in [0.717, 1.165) is 31.5 Å². The molecule has 2 aliphatic rings. The van der Waals surface area contributed by atoms with Crippen molar-refractivity contribution < 1.29 is 4.74 Å². The van der Waals surface area contributed by atoms with E-state index in [1.54, 1.807) is 6.33 Å². The molecule has 0 aromatic carbocycles. The van der Waals surface area contributed by atoms with Crippen LogP contribution in [0, 0.1) is 6.92 Å². The minimum Gasteiger partial charge on any atom is -0.381 e. The Morgan fingerprint density at radius 1 is 1.30 bits per heavy atom. The summed E-state index contributed by atoms with van der Waals surface area (Å²) in [6, 6.07) is 1.40. The molecule has 0 atom stereocenters. The lowest BCUT2D eigenvalue weighted by Crippen LogP contribution is -2.48. The fourth-order valence-electron chi connectivity index (χ4n) is 3.33. The highest BCUT2D eigenvalue weighted by atomic mass is 16.5. The number of hydrogen-bond donors (Lipinski definition) is 2. The Labute approximate surface area is 121 Å². The number of ether oxygens (including phenoxy) is 1. The number of H-pyrrole nitrogens is 1. The van der Waals surface area contributed by atoms with Gasteiger partial charge in [-0.1, -0.05) is 0 Å². The van der Waals surface area contributed by atoms with Crippen LogP contribution >= 0.6 is 0 Å². The van der Waals surface area contributed by atoms with Crippen molar-refractivity contribution in [3.05, 3.63) is 17.7 Å². The zero-order chi connectivity index (χ0) is 13.8. The lowest BCUT2D eigenvalue weighted by molar-refractivity contribution is 0.0238. The maximum absolute atomic E-state index is 5.45. The van der Waals surface area contributed by atoms with Crippen molar-refractivity contribution in [1.29, 1.82) is 0 Å². The van der Waals surface area contributed by atoms with E-state index >= 15 is 0 Å². The fourth-order valence-corrected chi connectivity index (χ4v) is 3.33. The molecular weight excluding hydrogens is 252 g/mol. The molecule has 2 aliphatic heterocycles. The third-order valence-corrected chi connectivity index (χ3v) is 4.73. The Bertz CT molecular complexity index is 406. The molecule has 112 valence electrons. The molecule has 0 radical (unpaired) electrons. The Morgan fingerprint density at radius 3 is 2.70 bits per heavy atom. The number of aromatic nitrogens is 2. The summed E-state index contributed by atoms with van der Waals surface area (Å²) in [6.45, 7) is 7.31. The topological polar surface area (TPSA) is 53.2 Å². The maximum Gasteiger partial charge on any atom is 0.0925 e. The zero-order valence-corrected chi connectivity index (χ0v) is 12.4. The molecule has 5 nitrogen and oxygen atoms in total. The molecule has 0 amide bonds. The lowest BCUT2D eigenvalue weighted by atomic mass is 9.99. The number of piperidine rings is 1. The average molecular weight is 278 g/mol. The standard InChI is InChI=1S/C15H26N4O/c1-12-15(18-11-17-12)10-16-13-2-6-19(7-3-13)14-4-8-20-9-5-14/h11,13-14,16H,2-10H2,1H3,(H,17,18). The first-order valence-corrected chi connectivity index (χ1v) is 7.87. The number of nitrogens with zero attached hydrogens (tertiary/aromatic N) is 2. The van der Waals surface area contributed by atoms with Crippen LogP contribution < -0.4 is 5.32 Å². The first-order chi connectivity index (χ1) is 9.83. The van der Waals surface area contributed by atoms with Crippen LogP contribution in [0.25, 0.3) is 0 Å². The van der Waals surface area contributed by atoms with Gasteiger partial charge in [0.1, 0.15) is 0 Å². The predicted octanol–water partition coefficient (Wildman–Crippen LogP) is 1.45. The zero-order valence-electron chi connectivity index (χ0n) is 12.4. The van der Waals surface area contributed by atoms with Gasteiger partial charge in [0.25, 0.3) is 0 Å². The lowest BCUT2D eigenvalue weighted by Gasteiger charge is -2.39. The Balaban J connectivity index is 1.41.